The maximum Gasteiger partial charge on any atom is 0.153 e. The van der Waals surface area contributed by atoms with Gasteiger partial charge < -0.3 is 5.32 Å². The van der Waals surface area contributed by atoms with Crippen molar-refractivity contribution in [1.82, 2.24) is 15.5 Å². The molecule has 1 aromatic heterocycles. The van der Waals surface area contributed by atoms with Crippen LogP contribution < -0.4 is 5.32 Å². The highest BCUT2D eigenvalue weighted by Crippen LogP contribution is 2.28. The van der Waals surface area contributed by atoms with E-state index in [1.165, 1.54) is 29.5 Å². The Balaban J connectivity index is 1.93. The summed E-state index contributed by atoms with van der Waals surface area (Å²) in [5, 5.41) is 12.4. The van der Waals surface area contributed by atoms with Crippen LogP contribution in [0.4, 0.5) is 8.78 Å². The van der Waals surface area contributed by atoms with Gasteiger partial charge in [0.15, 0.2) is 5.01 Å². The highest BCUT2D eigenvalue weighted by atomic mass is 32.1. The molecule has 0 amide bonds. The molecule has 0 saturated carbocycles. The number of benzene rings is 1. The third-order valence-corrected chi connectivity index (χ3v) is 3.94. The van der Waals surface area contributed by atoms with Gasteiger partial charge >= 0.3 is 0 Å². The van der Waals surface area contributed by atoms with Gasteiger partial charge in [-0.25, -0.2) is 8.78 Å². The minimum atomic E-state index is -0.601. The summed E-state index contributed by atoms with van der Waals surface area (Å²) in [4.78, 5) is 0. The van der Waals surface area contributed by atoms with Gasteiger partial charge in [-0.05, 0) is 37.6 Å². The van der Waals surface area contributed by atoms with Gasteiger partial charge in [0, 0.05) is 6.42 Å². The smallest absolute Gasteiger partial charge is 0.153 e. The fraction of sp³-hybridized carbons (Fsp3) is 0.467. The van der Waals surface area contributed by atoms with Crippen molar-refractivity contribution in [1.29, 1.82) is 0 Å². The van der Waals surface area contributed by atoms with E-state index in [0.717, 1.165) is 30.9 Å². The summed E-state index contributed by atoms with van der Waals surface area (Å²) in [6, 6.07) is 3.81. The van der Waals surface area contributed by atoms with Crippen molar-refractivity contribution in [3.63, 3.8) is 0 Å². The van der Waals surface area contributed by atoms with Gasteiger partial charge in [-0.1, -0.05) is 31.3 Å². The minimum Gasteiger partial charge on any atom is -0.316 e. The average molecular weight is 311 g/mol. The van der Waals surface area contributed by atoms with Gasteiger partial charge in [0.25, 0.3) is 0 Å². The van der Waals surface area contributed by atoms with E-state index in [0.29, 0.717) is 10.9 Å². The second kappa shape index (κ2) is 7.56. The van der Waals surface area contributed by atoms with Crippen LogP contribution in [0.1, 0.15) is 25.3 Å². The molecule has 0 aliphatic heterocycles. The molecule has 0 bridgehead atoms. The normalized spacial score (nSPS) is 11.3. The summed E-state index contributed by atoms with van der Waals surface area (Å²) < 4.78 is 27.3. The zero-order valence-electron chi connectivity index (χ0n) is 12.2. The van der Waals surface area contributed by atoms with Crippen molar-refractivity contribution < 1.29 is 8.78 Å². The van der Waals surface area contributed by atoms with Gasteiger partial charge in [0.05, 0.1) is 5.56 Å². The number of hydrogen-bond donors (Lipinski definition) is 1. The molecule has 1 N–H and O–H groups in total. The SMILES string of the molecule is CC(C)CNCCCc1nnc(-c2c(F)cccc2F)s1. The molecule has 0 aliphatic rings. The Morgan fingerprint density at radius 2 is 1.90 bits per heavy atom. The van der Waals surface area contributed by atoms with E-state index >= 15 is 0 Å². The molecular formula is C15H19F2N3S. The maximum absolute atomic E-state index is 13.7. The monoisotopic (exact) mass is 311 g/mol. The first-order valence-electron chi connectivity index (χ1n) is 7.05. The van der Waals surface area contributed by atoms with E-state index in [9.17, 15) is 8.78 Å². The first-order valence-corrected chi connectivity index (χ1v) is 7.87. The van der Waals surface area contributed by atoms with E-state index in [-0.39, 0.29) is 5.56 Å². The summed E-state index contributed by atoms with van der Waals surface area (Å²) >= 11 is 1.25. The third-order valence-electron chi connectivity index (χ3n) is 2.94. The van der Waals surface area contributed by atoms with Crippen molar-refractivity contribution in [2.75, 3.05) is 13.1 Å². The topological polar surface area (TPSA) is 37.8 Å². The summed E-state index contributed by atoms with van der Waals surface area (Å²) in [5.74, 6) is -0.574. The molecule has 2 rings (SSSR count). The van der Waals surface area contributed by atoms with Crippen molar-refractivity contribution >= 4 is 11.3 Å². The largest absolute Gasteiger partial charge is 0.316 e. The predicted octanol–water partition coefficient (Wildman–Crippen LogP) is 3.66. The number of halogens is 2. The van der Waals surface area contributed by atoms with Gasteiger partial charge in [-0.15, -0.1) is 10.2 Å². The van der Waals surface area contributed by atoms with Gasteiger partial charge in [-0.2, -0.15) is 0 Å². The van der Waals surface area contributed by atoms with Crippen LogP contribution in [0.25, 0.3) is 10.6 Å². The fourth-order valence-electron chi connectivity index (χ4n) is 1.91. The first kappa shape index (κ1) is 16.0. The van der Waals surface area contributed by atoms with Crippen molar-refractivity contribution in [2.45, 2.75) is 26.7 Å². The van der Waals surface area contributed by atoms with Crippen LogP contribution in [0.2, 0.25) is 0 Å². The second-order valence-electron chi connectivity index (χ2n) is 5.30. The Bertz CT molecular complexity index is 564. The standard InChI is InChI=1S/C15H19F2N3S/c1-10(2)9-18-8-4-7-13-19-20-15(21-13)14-11(16)5-3-6-12(14)17/h3,5-6,10,18H,4,7-9H2,1-2H3. The molecule has 0 saturated heterocycles. The average Bonchev–Trinajstić information content (AvgIpc) is 2.86. The maximum atomic E-state index is 13.7. The number of nitrogens with zero attached hydrogens (tertiary/aromatic N) is 2. The lowest BCUT2D eigenvalue weighted by Crippen LogP contribution is -2.21. The van der Waals surface area contributed by atoms with E-state index < -0.39 is 11.6 Å². The quantitative estimate of drug-likeness (QED) is 0.793. The van der Waals surface area contributed by atoms with Crippen molar-refractivity contribution in [2.24, 2.45) is 5.92 Å². The Kier molecular flexibility index (Phi) is 5.76. The highest BCUT2D eigenvalue weighted by molar-refractivity contribution is 7.14. The second-order valence-corrected chi connectivity index (χ2v) is 6.36. The van der Waals surface area contributed by atoms with E-state index in [1.54, 1.807) is 0 Å². The lowest BCUT2D eigenvalue weighted by atomic mass is 10.2. The van der Waals surface area contributed by atoms with Crippen LogP contribution in [-0.2, 0) is 6.42 Å². The molecule has 0 aliphatic carbocycles. The summed E-state index contributed by atoms with van der Waals surface area (Å²) in [7, 11) is 0. The molecule has 0 fully saturated rings. The van der Waals surface area contributed by atoms with Crippen molar-refractivity contribution in [3.8, 4) is 10.6 Å². The number of nitrogens with one attached hydrogen (secondary N) is 1. The summed E-state index contributed by atoms with van der Waals surface area (Å²) in [6.07, 6.45) is 1.69. The van der Waals surface area contributed by atoms with Crippen LogP contribution in [0.15, 0.2) is 18.2 Å². The van der Waals surface area contributed by atoms with Gasteiger partial charge in [0.1, 0.15) is 16.6 Å². The molecule has 114 valence electrons. The Morgan fingerprint density at radius 3 is 2.57 bits per heavy atom. The van der Waals surface area contributed by atoms with Gasteiger partial charge in [0.2, 0.25) is 0 Å². The third kappa shape index (κ3) is 4.54. The lowest BCUT2D eigenvalue weighted by molar-refractivity contribution is 0.542. The number of aromatic nitrogens is 2. The Morgan fingerprint density at radius 1 is 1.19 bits per heavy atom. The highest BCUT2D eigenvalue weighted by Gasteiger charge is 2.15. The molecule has 6 heteroatoms. The zero-order valence-corrected chi connectivity index (χ0v) is 13.0. The van der Waals surface area contributed by atoms with Crippen LogP contribution in [0.3, 0.4) is 0 Å². The van der Waals surface area contributed by atoms with Crippen LogP contribution >= 0.6 is 11.3 Å². The fourth-order valence-corrected chi connectivity index (χ4v) is 2.84. The first-order chi connectivity index (χ1) is 10.1. The summed E-state index contributed by atoms with van der Waals surface area (Å²) in [5.41, 5.74) is -0.0841. The Hall–Kier alpha value is -1.40. The molecule has 3 nitrogen and oxygen atoms in total. The van der Waals surface area contributed by atoms with E-state index in [1.807, 2.05) is 0 Å². The molecule has 1 aromatic carbocycles. The van der Waals surface area contributed by atoms with E-state index in [4.69, 9.17) is 0 Å². The molecule has 1 heterocycles. The zero-order chi connectivity index (χ0) is 15.2. The molecule has 0 radical (unpaired) electrons. The van der Waals surface area contributed by atoms with Crippen LogP contribution in [0.5, 0.6) is 0 Å². The molecule has 0 unspecified atom stereocenters. The molecular weight excluding hydrogens is 292 g/mol. The van der Waals surface area contributed by atoms with E-state index in [2.05, 4.69) is 29.4 Å². The number of hydrogen-bond acceptors (Lipinski definition) is 4. The van der Waals surface area contributed by atoms with Gasteiger partial charge in [-0.3, -0.25) is 0 Å². The van der Waals surface area contributed by atoms with Crippen LogP contribution in [0, 0.1) is 17.6 Å². The Labute approximate surface area is 127 Å². The van der Waals surface area contributed by atoms with Crippen molar-refractivity contribution in [3.05, 3.63) is 34.8 Å². The van der Waals surface area contributed by atoms with Crippen LogP contribution in [-0.4, -0.2) is 23.3 Å². The molecule has 2 aromatic rings. The molecule has 0 atom stereocenters. The number of rotatable bonds is 7. The molecule has 21 heavy (non-hydrogen) atoms. The predicted molar refractivity (Wildman–Crippen MR) is 81.3 cm³/mol. The number of aryl methyl sites for hydroxylation is 1. The molecule has 0 spiro atoms. The minimum absolute atomic E-state index is 0.0841. The lowest BCUT2D eigenvalue weighted by Gasteiger charge is -2.05. The summed E-state index contributed by atoms with van der Waals surface area (Å²) in [6.45, 7) is 6.21.